The summed E-state index contributed by atoms with van der Waals surface area (Å²) >= 11 is 0. The number of rotatable bonds is 7. The quantitative estimate of drug-likeness (QED) is 0.479. The SMILES string of the molecule is COc1ccccc1CNC(=O)c1cc(F)cc(Cc2ccc([N+](=O)[O-])cc2)c1. The molecule has 0 spiro atoms. The normalized spacial score (nSPS) is 10.4. The molecule has 0 atom stereocenters. The second-order valence-corrected chi connectivity index (χ2v) is 6.44. The Morgan fingerprint density at radius 2 is 1.79 bits per heavy atom. The average molecular weight is 394 g/mol. The van der Waals surface area contributed by atoms with Gasteiger partial charge in [0.25, 0.3) is 11.6 Å². The first-order chi connectivity index (χ1) is 14.0. The van der Waals surface area contributed by atoms with Gasteiger partial charge in [0.15, 0.2) is 0 Å². The maximum atomic E-state index is 14.1. The van der Waals surface area contributed by atoms with Crippen LogP contribution in [0.4, 0.5) is 10.1 Å². The summed E-state index contributed by atoms with van der Waals surface area (Å²) in [7, 11) is 1.55. The molecule has 3 aromatic carbocycles. The molecule has 0 fully saturated rings. The van der Waals surface area contributed by atoms with Crippen molar-refractivity contribution >= 4 is 11.6 Å². The van der Waals surface area contributed by atoms with Crippen LogP contribution in [0.15, 0.2) is 66.7 Å². The summed E-state index contributed by atoms with van der Waals surface area (Å²) in [6.07, 6.45) is 0.350. The van der Waals surface area contributed by atoms with E-state index < -0.39 is 16.6 Å². The number of para-hydroxylation sites is 1. The first-order valence-corrected chi connectivity index (χ1v) is 8.89. The van der Waals surface area contributed by atoms with Gasteiger partial charge in [0.05, 0.1) is 12.0 Å². The molecule has 1 amide bonds. The monoisotopic (exact) mass is 394 g/mol. The third-order valence-corrected chi connectivity index (χ3v) is 4.41. The molecule has 1 N–H and O–H groups in total. The number of non-ortho nitro benzene ring substituents is 1. The fraction of sp³-hybridized carbons (Fsp3) is 0.136. The molecule has 3 rings (SSSR count). The van der Waals surface area contributed by atoms with Crippen LogP contribution in [0, 0.1) is 15.9 Å². The van der Waals surface area contributed by atoms with E-state index in [0.717, 1.165) is 11.1 Å². The van der Waals surface area contributed by atoms with Crippen molar-refractivity contribution in [3.05, 3.63) is 105 Å². The minimum atomic E-state index is -0.521. The third kappa shape index (κ3) is 5.16. The Bertz CT molecular complexity index is 1040. The maximum Gasteiger partial charge on any atom is 0.269 e. The molecule has 0 aliphatic carbocycles. The number of halogens is 1. The van der Waals surface area contributed by atoms with E-state index in [2.05, 4.69) is 5.32 Å². The number of carbonyl (C=O) groups excluding carboxylic acids is 1. The topological polar surface area (TPSA) is 81.5 Å². The number of hydrogen-bond acceptors (Lipinski definition) is 4. The number of amides is 1. The summed E-state index contributed by atoms with van der Waals surface area (Å²) in [6, 6.07) is 17.5. The minimum Gasteiger partial charge on any atom is -0.496 e. The van der Waals surface area contributed by atoms with Crippen LogP contribution >= 0.6 is 0 Å². The average Bonchev–Trinajstić information content (AvgIpc) is 2.72. The second-order valence-electron chi connectivity index (χ2n) is 6.44. The number of hydrogen-bond donors (Lipinski definition) is 1. The molecule has 0 radical (unpaired) electrons. The summed E-state index contributed by atoms with van der Waals surface area (Å²) in [5.74, 6) is -0.266. The van der Waals surface area contributed by atoms with Crippen molar-refractivity contribution in [3.8, 4) is 5.75 Å². The van der Waals surface area contributed by atoms with Gasteiger partial charge in [-0.2, -0.15) is 0 Å². The van der Waals surface area contributed by atoms with E-state index in [1.807, 2.05) is 18.2 Å². The highest BCUT2D eigenvalue weighted by Crippen LogP contribution is 2.19. The molecule has 0 unspecified atom stereocenters. The maximum absolute atomic E-state index is 14.1. The number of benzene rings is 3. The number of ether oxygens (including phenoxy) is 1. The van der Waals surface area contributed by atoms with Gasteiger partial charge in [-0.1, -0.05) is 30.3 Å². The van der Waals surface area contributed by atoms with Crippen LogP contribution < -0.4 is 10.1 Å². The third-order valence-electron chi connectivity index (χ3n) is 4.41. The Kier molecular flexibility index (Phi) is 6.19. The largest absolute Gasteiger partial charge is 0.496 e. The molecule has 0 saturated heterocycles. The molecule has 0 aromatic heterocycles. The van der Waals surface area contributed by atoms with Crippen LogP contribution in [0.25, 0.3) is 0 Å². The predicted molar refractivity (Wildman–Crippen MR) is 106 cm³/mol. The van der Waals surface area contributed by atoms with Gasteiger partial charge >= 0.3 is 0 Å². The van der Waals surface area contributed by atoms with Gasteiger partial charge in [-0.15, -0.1) is 0 Å². The van der Waals surface area contributed by atoms with E-state index in [-0.39, 0.29) is 17.8 Å². The van der Waals surface area contributed by atoms with Crippen LogP contribution in [0.3, 0.4) is 0 Å². The molecule has 6 nitrogen and oxygen atoms in total. The molecule has 0 bridgehead atoms. The lowest BCUT2D eigenvalue weighted by Crippen LogP contribution is -2.23. The van der Waals surface area contributed by atoms with Crippen molar-refractivity contribution in [3.63, 3.8) is 0 Å². The standard InChI is InChI=1S/C22H19FN2O4/c1-29-21-5-3-2-4-17(21)14-24-22(26)18-11-16(12-19(23)13-18)10-15-6-8-20(9-7-15)25(27)28/h2-9,11-13H,10,14H2,1H3,(H,24,26). The molecule has 148 valence electrons. The lowest BCUT2D eigenvalue weighted by Gasteiger charge is -2.10. The molecule has 3 aromatic rings. The van der Waals surface area contributed by atoms with Crippen molar-refractivity contribution < 1.29 is 18.8 Å². The zero-order valence-electron chi connectivity index (χ0n) is 15.7. The fourth-order valence-corrected chi connectivity index (χ4v) is 2.98. The second kappa shape index (κ2) is 8.97. The van der Waals surface area contributed by atoms with E-state index >= 15 is 0 Å². The number of methoxy groups -OCH3 is 1. The van der Waals surface area contributed by atoms with Crippen LogP contribution in [0.1, 0.15) is 27.0 Å². The first-order valence-electron chi connectivity index (χ1n) is 8.89. The van der Waals surface area contributed by atoms with Gasteiger partial charge in [0.2, 0.25) is 0 Å². The molecular weight excluding hydrogens is 375 g/mol. The van der Waals surface area contributed by atoms with Crippen LogP contribution in [-0.2, 0) is 13.0 Å². The Hall–Kier alpha value is -3.74. The van der Waals surface area contributed by atoms with Gasteiger partial charge in [0, 0.05) is 29.8 Å². The van der Waals surface area contributed by atoms with Gasteiger partial charge in [-0.3, -0.25) is 14.9 Å². The number of carbonyl (C=O) groups is 1. The van der Waals surface area contributed by atoms with Crippen molar-refractivity contribution in [2.24, 2.45) is 0 Å². The molecule has 29 heavy (non-hydrogen) atoms. The molecule has 7 heteroatoms. The van der Waals surface area contributed by atoms with Gasteiger partial charge < -0.3 is 10.1 Å². The highest BCUT2D eigenvalue weighted by molar-refractivity contribution is 5.94. The Morgan fingerprint density at radius 3 is 2.48 bits per heavy atom. The number of nitro groups is 1. The molecular formula is C22H19FN2O4. The smallest absolute Gasteiger partial charge is 0.269 e. The van der Waals surface area contributed by atoms with Crippen molar-refractivity contribution in [2.75, 3.05) is 7.11 Å². The molecule has 0 aliphatic heterocycles. The van der Waals surface area contributed by atoms with Gasteiger partial charge in [0.1, 0.15) is 11.6 Å². The van der Waals surface area contributed by atoms with Crippen molar-refractivity contribution in [1.29, 1.82) is 0 Å². The highest BCUT2D eigenvalue weighted by atomic mass is 19.1. The van der Waals surface area contributed by atoms with Gasteiger partial charge in [-0.05, 0) is 41.8 Å². The van der Waals surface area contributed by atoms with E-state index in [4.69, 9.17) is 4.74 Å². The number of nitro benzene ring substituents is 1. The highest BCUT2D eigenvalue weighted by Gasteiger charge is 2.11. The summed E-state index contributed by atoms with van der Waals surface area (Å²) in [5.41, 5.74) is 2.38. The lowest BCUT2D eigenvalue weighted by atomic mass is 10.0. The molecule has 0 heterocycles. The van der Waals surface area contributed by atoms with Crippen LogP contribution in [0.5, 0.6) is 5.75 Å². The number of nitrogens with one attached hydrogen (secondary N) is 1. The van der Waals surface area contributed by atoms with E-state index in [1.54, 1.807) is 31.4 Å². The number of nitrogens with zero attached hydrogens (tertiary/aromatic N) is 1. The Labute approximate surface area is 167 Å². The van der Waals surface area contributed by atoms with Crippen molar-refractivity contribution in [2.45, 2.75) is 13.0 Å². The van der Waals surface area contributed by atoms with Crippen LogP contribution in [-0.4, -0.2) is 17.9 Å². The zero-order chi connectivity index (χ0) is 20.8. The zero-order valence-corrected chi connectivity index (χ0v) is 15.7. The lowest BCUT2D eigenvalue weighted by molar-refractivity contribution is -0.384. The van der Waals surface area contributed by atoms with E-state index in [0.29, 0.717) is 17.7 Å². The van der Waals surface area contributed by atoms with Gasteiger partial charge in [-0.25, -0.2) is 4.39 Å². The molecule has 0 saturated carbocycles. The Balaban J connectivity index is 1.72. The Morgan fingerprint density at radius 1 is 1.07 bits per heavy atom. The van der Waals surface area contributed by atoms with Crippen LogP contribution in [0.2, 0.25) is 0 Å². The predicted octanol–water partition coefficient (Wildman–Crippen LogP) is 4.26. The first kappa shape index (κ1) is 20.0. The molecule has 0 aliphatic rings. The minimum absolute atomic E-state index is 0.00982. The van der Waals surface area contributed by atoms with E-state index in [9.17, 15) is 19.3 Å². The summed E-state index contributed by atoms with van der Waals surface area (Å²) in [5, 5.41) is 13.5. The summed E-state index contributed by atoms with van der Waals surface area (Å²) in [6.45, 7) is 0.247. The van der Waals surface area contributed by atoms with Crippen molar-refractivity contribution in [1.82, 2.24) is 5.32 Å². The fourth-order valence-electron chi connectivity index (χ4n) is 2.98. The summed E-state index contributed by atoms with van der Waals surface area (Å²) < 4.78 is 19.3. The van der Waals surface area contributed by atoms with E-state index in [1.165, 1.54) is 24.3 Å². The summed E-state index contributed by atoms with van der Waals surface area (Å²) in [4.78, 5) is 22.8.